The van der Waals surface area contributed by atoms with Crippen LogP contribution in [0.1, 0.15) is 30.9 Å². The second kappa shape index (κ2) is 6.30. The summed E-state index contributed by atoms with van der Waals surface area (Å²) in [5.41, 5.74) is 12.8. The fourth-order valence-electron chi connectivity index (χ4n) is 2.02. The minimum atomic E-state index is 0.0869. The van der Waals surface area contributed by atoms with Crippen molar-refractivity contribution in [3.63, 3.8) is 0 Å². The molecule has 0 saturated carbocycles. The molecule has 0 spiro atoms. The number of hydrogen-bond donors (Lipinski definition) is 3. The summed E-state index contributed by atoms with van der Waals surface area (Å²) >= 11 is 0. The number of aromatic nitrogens is 2. The number of nitrogens with zero attached hydrogens (tertiary/aromatic N) is 2. The normalized spacial score (nSPS) is 10.5. The first-order valence-electron chi connectivity index (χ1n) is 6.74. The summed E-state index contributed by atoms with van der Waals surface area (Å²) in [5, 5.41) is 7.49. The third kappa shape index (κ3) is 3.08. The molecule has 2 aromatic rings. The van der Waals surface area contributed by atoms with Gasteiger partial charge >= 0.3 is 0 Å². The van der Waals surface area contributed by atoms with E-state index in [1.807, 2.05) is 19.9 Å². The zero-order valence-corrected chi connectivity index (χ0v) is 12.8. The van der Waals surface area contributed by atoms with Crippen molar-refractivity contribution in [2.45, 2.75) is 19.8 Å². The minimum absolute atomic E-state index is 0.0869. The Hall–Kier alpha value is -2.83. The average molecular weight is 301 g/mol. The molecular weight excluding hydrogens is 282 g/mol. The van der Waals surface area contributed by atoms with Crippen LogP contribution >= 0.6 is 0 Å². The molecule has 0 atom stereocenters. The van der Waals surface area contributed by atoms with E-state index in [0.717, 1.165) is 5.56 Å². The highest BCUT2D eigenvalue weighted by Crippen LogP contribution is 2.36. The van der Waals surface area contributed by atoms with Gasteiger partial charge in [0.2, 0.25) is 5.95 Å². The molecule has 1 aromatic heterocycles. The van der Waals surface area contributed by atoms with E-state index in [2.05, 4.69) is 9.97 Å². The van der Waals surface area contributed by atoms with E-state index in [9.17, 15) is 0 Å². The smallest absolute Gasteiger partial charge is 0.222 e. The maximum Gasteiger partial charge on any atom is 0.222 e. The Labute approximate surface area is 128 Å². The average Bonchev–Trinajstić information content (AvgIpc) is 2.49. The van der Waals surface area contributed by atoms with Crippen LogP contribution in [0.3, 0.4) is 0 Å². The monoisotopic (exact) mass is 301 g/mol. The van der Waals surface area contributed by atoms with Gasteiger partial charge in [-0.3, -0.25) is 0 Å². The fraction of sp³-hybridized carbons (Fsp3) is 0.267. The van der Waals surface area contributed by atoms with E-state index in [1.165, 1.54) is 12.4 Å². The van der Waals surface area contributed by atoms with Crippen molar-refractivity contribution in [1.29, 1.82) is 5.41 Å². The quantitative estimate of drug-likeness (QED) is 0.730. The summed E-state index contributed by atoms with van der Waals surface area (Å²) in [6, 6.07) is 3.59. The minimum Gasteiger partial charge on any atom is -0.496 e. The zero-order chi connectivity index (χ0) is 16.3. The molecule has 0 aliphatic rings. The highest BCUT2D eigenvalue weighted by Gasteiger charge is 2.15. The van der Waals surface area contributed by atoms with Crippen LogP contribution in [0.15, 0.2) is 18.3 Å². The Kier molecular flexibility index (Phi) is 4.45. The first kappa shape index (κ1) is 15.6. The number of benzene rings is 1. The summed E-state index contributed by atoms with van der Waals surface area (Å²) in [4.78, 5) is 7.75. The molecule has 1 aromatic carbocycles. The summed E-state index contributed by atoms with van der Waals surface area (Å²) in [6.07, 6.45) is 2.63. The van der Waals surface area contributed by atoms with Crippen LogP contribution in [0.2, 0.25) is 0 Å². The van der Waals surface area contributed by atoms with E-state index in [-0.39, 0.29) is 17.7 Å². The number of hydrogen-bond acceptors (Lipinski definition) is 7. The van der Waals surface area contributed by atoms with Gasteiger partial charge in [0.05, 0.1) is 13.3 Å². The molecular formula is C15H19N5O2. The number of rotatable bonds is 5. The summed E-state index contributed by atoms with van der Waals surface area (Å²) < 4.78 is 11.1. The lowest BCUT2D eigenvalue weighted by atomic mass is 9.99. The van der Waals surface area contributed by atoms with E-state index in [4.69, 9.17) is 26.4 Å². The van der Waals surface area contributed by atoms with Gasteiger partial charge in [-0.15, -0.1) is 0 Å². The largest absolute Gasteiger partial charge is 0.496 e. The molecule has 116 valence electrons. The SMILES string of the molecule is COc1cc(C(C)C)c(Oc2cnc(N)nc2N)cc1C=N. The second-order valence-electron chi connectivity index (χ2n) is 5.01. The highest BCUT2D eigenvalue weighted by atomic mass is 16.5. The van der Waals surface area contributed by atoms with Crippen LogP contribution in [0, 0.1) is 5.41 Å². The van der Waals surface area contributed by atoms with E-state index in [0.29, 0.717) is 22.8 Å². The van der Waals surface area contributed by atoms with Crippen LogP contribution in [0.5, 0.6) is 17.2 Å². The number of nitrogens with one attached hydrogen (secondary N) is 1. The topological polar surface area (TPSA) is 120 Å². The molecule has 0 amide bonds. The lowest BCUT2D eigenvalue weighted by molar-refractivity contribution is 0.410. The maximum absolute atomic E-state index is 7.49. The predicted molar refractivity (Wildman–Crippen MR) is 85.9 cm³/mol. The molecule has 0 bridgehead atoms. The number of anilines is 2. The Morgan fingerprint density at radius 1 is 1.18 bits per heavy atom. The predicted octanol–water partition coefficient (Wildman–Crippen LogP) is 2.56. The molecule has 0 unspecified atom stereocenters. The van der Waals surface area contributed by atoms with Crippen molar-refractivity contribution >= 4 is 18.0 Å². The van der Waals surface area contributed by atoms with E-state index in [1.54, 1.807) is 13.2 Å². The lowest BCUT2D eigenvalue weighted by Gasteiger charge is -2.17. The molecule has 0 fully saturated rings. The molecule has 0 aliphatic carbocycles. The Bertz CT molecular complexity index is 701. The maximum atomic E-state index is 7.49. The van der Waals surface area contributed by atoms with Gasteiger partial charge < -0.3 is 26.4 Å². The number of nitrogen functional groups attached to an aromatic ring is 2. The van der Waals surface area contributed by atoms with Gasteiger partial charge in [-0.25, -0.2) is 4.98 Å². The van der Waals surface area contributed by atoms with Crippen molar-refractivity contribution in [1.82, 2.24) is 9.97 Å². The molecule has 5 N–H and O–H groups in total. The third-order valence-corrected chi connectivity index (χ3v) is 3.16. The second-order valence-corrected chi connectivity index (χ2v) is 5.01. The van der Waals surface area contributed by atoms with Crippen molar-refractivity contribution in [3.8, 4) is 17.2 Å². The Morgan fingerprint density at radius 3 is 2.45 bits per heavy atom. The van der Waals surface area contributed by atoms with Crippen LogP contribution < -0.4 is 20.9 Å². The molecule has 7 nitrogen and oxygen atoms in total. The molecule has 7 heteroatoms. The lowest BCUT2D eigenvalue weighted by Crippen LogP contribution is -2.03. The van der Waals surface area contributed by atoms with Crippen LogP contribution in [0.4, 0.5) is 11.8 Å². The summed E-state index contributed by atoms with van der Waals surface area (Å²) in [6.45, 7) is 4.07. The van der Waals surface area contributed by atoms with Gasteiger partial charge in [0.25, 0.3) is 0 Å². The molecule has 22 heavy (non-hydrogen) atoms. The first-order chi connectivity index (χ1) is 10.5. The van der Waals surface area contributed by atoms with Crippen molar-refractivity contribution < 1.29 is 9.47 Å². The first-order valence-corrected chi connectivity index (χ1v) is 6.74. The van der Waals surface area contributed by atoms with Crippen molar-refractivity contribution in [2.24, 2.45) is 0 Å². The van der Waals surface area contributed by atoms with E-state index >= 15 is 0 Å². The Morgan fingerprint density at radius 2 is 1.91 bits per heavy atom. The van der Waals surface area contributed by atoms with Gasteiger partial charge in [-0.2, -0.15) is 4.98 Å². The van der Waals surface area contributed by atoms with Crippen molar-refractivity contribution in [2.75, 3.05) is 18.6 Å². The summed E-state index contributed by atoms with van der Waals surface area (Å²) in [5.74, 6) is 1.96. The molecule has 0 saturated heterocycles. The van der Waals surface area contributed by atoms with Gasteiger partial charge in [0, 0.05) is 17.3 Å². The van der Waals surface area contributed by atoms with Crippen molar-refractivity contribution in [3.05, 3.63) is 29.5 Å². The number of methoxy groups -OCH3 is 1. The summed E-state index contributed by atoms with van der Waals surface area (Å²) in [7, 11) is 1.57. The van der Waals surface area contributed by atoms with Crippen LogP contribution in [-0.2, 0) is 0 Å². The molecule has 2 rings (SSSR count). The Balaban J connectivity index is 2.50. The fourth-order valence-corrected chi connectivity index (χ4v) is 2.02. The van der Waals surface area contributed by atoms with Gasteiger partial charge in [0.1, 0.15) is 11.5 Å². The van der Waals surface area contributed by atoms with Gasteiger partial charge in [-0.1, -0.05) is 13.8 Å². The van der Waals surface area contributed by atoms with Gasteiger partial charge in [0.15, 0.2) is 11.6 Å². The van der Waals surface area contributed by atoms with Crippen LogP contribution in [-0.4, -0.2) is 23.3 Å². The molecule has 0 aliphatic heterocycles. The standard InChI is InChI=1S/C15H19N5O2/c1-8(2)10-5-11(21-3)9(6-16)4-12(10)22-13-7-19-15(18)20-14(13)17/h4-8,16H,1-3H3,(H4,17,18,19,20). The van der Waals surface area contributed by atoms with Crippen LogP contribution in [0.25, 0.3) is 0 Å². The zero-order valence-electron chi connectivity index (χ0n) is 12.8. The van der Waals surface area contributed by atoms with E-state index < -0.39 is 0 Å². The molecule has 1 heterocycles. The number of ether oxygens (including phenoxy) is 2. The number of nitrogens with two attached hydrogens (primary N) is 2. The molecule has 0 radical (unpaired) electrons. The highest BCUT2D eigenvalue weighted by molar-refractivity contribution is 5.82. The third-order valence-electron chi connectivity index (χ3n) is 3.16. The van der Waals surface area contributed by atoms with Gasteiger partial charge in [-0.05, 0) is 18.1 Å².